The Morgan fingerprint density at radius 2 is 2.21 bits per heavy atom. The average Bonchev–Trinajstić information content (AvgIpc) is 3.28. The number of carbonyl (C=O) groups excluding carboxylic acids is 1. The summed E-state index contributed by atoms with van der Waals surface area (Å²) >= 11 is 0. The average molecular weight is 385 g/mol. The van der Waals surface area contributed by atoms with Gasteiger partial charge in [-0.05, 0) is 18.6 Å². The molecule has 2 aliphatic heterocycles. The molecule has 28 heavy (non-hydrogen) atoms. The van der Waals surface area contributed by atoms with Gasteiger partial charge in [0.05, 0.1) is 19.2 Å². The number of fused-ring (bicyclic) bond motifs is 1. The molecular weight excluding hydrogens is 364 g/mol. The number of aromatic nitrogens is 1. The van der Waals surface area contributed by atoms with Crippen molar-refractivity contribution < 1.29 is 13.6 Å². The molecule has 1 unspecified atom stereocenters. The maximum atomic E-state index is 13.9. The Bertz CT molecular complexity index is 930. The second kappa shape index (κ2) is 7.68. The first-order valence-electron chi connectivity index (χ1n) is 9.40. The Balaban J connectivity index is 1.38. The van der Waals surface area contributed by atoms with E-state index in [1.165, 1.54) is 11.0 Å². The van der Waals surface area contributed by atoms with Crippen molar-refractivity contribution in [3.05, 3.63) is 36.3 Å². The number of para-hydroxylation sites is 1. The lowest BCUT2D eigenvalue weighted by Gasteiger charge is -2.23. The van der Waals surface area contributed by atoms with Gasteiger partial charge in [-0.1, -0.05) is 12.1 Å². The summed E-state index contributed by atoms with van der Waals surface area (Å²) in [4.78, 5) is 19.9. The Morgan fingerprint density at radius 1 is 1.36 bits per heavy atom. The molecule has 6 nitrogen and oxygen atoms in total. The van der Waals surface area contributed by atoms with Gasteiger partial charge in [0.25, 0.3) is 0 Å². The largest absolute Gasteiger partial charge is 0.380 e. The van der Waals surface area contributed by atoms with Crippen LogP contribution >= 0.6 is 0 Å². The van der Waals surface area contributed by atoms with E-state index in [1.54, 1.807) is 12.3 Å². The molecule has 0 aliphatic carbocycles. The highest BCUT2D eigenvalue weighted by Crippen LogP contribution is 2.26. The fraction of sp³-hybridized carbons (Fsp3) is 0.450. The summed E-state index contributed by atoms with van der Waals surface area (Å²) in [5, 5.41) is 13.3. The Labute approximate surface area is 161 Å². The van der Waals surface area contributed by atoms with Gasteiger partial charge in [0.15, 0.2) is 0 Å². The molecule has 1 aromatic heterocycles. The van der Waals surface area contributed by atoms with Crippen LogP contribution in [0.5, 0.6) is 0 Å². The zero-order valence-electron chi connectivity index (χ0n) is 15.3. The number of rotatable bonds is 4. The van der Waals surface area contributed by atoms with E-state index in [0.29, 0.717) is 12.1 Å². The molecule has 0 spiro atoms. The Morgan fingerprint density at radius 3 is 3.04 bits per heavy atom. The van der Waals surface area contributed by atoms with Gasteiger partial charge in [-0.2, -0.15) is 5.26 Å². The molecule has 4 rings (SSSR count). The van der Waals surface area contributed by atoms with Crippen LogP contribution in [0.1, 0.15) is 12.8 Å². The predicted octanol–water partition coefficient (Wildman–Crippen LogP) is 2.32. The molecule has 2 fully saturated rings. The minimum atomic E-state index is -1.12. The standard InChI is InChI=1S/C20H21F2N5O/c21-13-8-15(9-23)27(10-13)19(28)12-26-7-5-14(11-26)25-18-4-6-24-20-16(18)2-1-3-17(20)22/h1-4,6,13-15H,5,7-8,10-12H2,(H,24,25)/t13-,14+,15?/m0/s1. The van der Waals surface area contributed by atoms with Gasteiger partial charge in [-0.15, -0.1) is 0 Å². The minimum Gasteiger partial charge on any atom is -0.380 e. The normalized spacial score (nSPS) is 25.2. The van der Waals surface area contributed by atoms with Crippen molar-refractivity contribution in [2.75, 3.05) is 31.5 Å². The van der Waals surface area contributed by atoms with Crippen LogP contribution < -0.4 is 5.32 Å². The van der Waals surface area contributed by atoms with Crippen LogP contribution in [0.25, 0.3) is 10.9 Å². The molecule has 8 heteroatoms. The summed E-state index contributed by atoms with van der Waals surface area (Å²) in [5.74, 6) is -0.563. The number of pyridine rings is 1. The van der Waals surface area contributed by atoms with Crippen molar-refractivity contribution in [1.29, 1.82) is 5.26 Å². The van der Waals surface area contributed by atoms with E-state index in [-0.39, 0.29) is 37.3 Å². The van der Waals surface area contributed by atoms with E-state index in [4.69, 9.17) is 5.26 Å². The lowest BCUT2D eigenvalue weighted by Crippen LogP contribution is -2.42. The van der Waals surface area contributed by atoms with Crippen molar-refractivity contribution in [3.8, 4) is 6.07 Å². The van der Waals surface area contributed by atoms with Crippen molar-refractivity contribution in [2.45, 2.75) is 31.1 Å². The van der Waals surface area contributed by atoms with Crippen molar-refractivity contribution in [3.63, 3.8) is 0 Å². The molecular formula is C20H21F2N5O. The summed E-state index contributed by atoms with van der Waals surface area (Å²) in [6, 6.07) is 8.14. The number of benzene rings is 1. The molecule has 146 valence electrons. The first-order valence-corrected chi connectivity index (χ1v) is 9.40. The second-order valence-electron chi connectivity index (χ2n) is 7.38. The van der Waals surface area contributed by atoms with Crippen LogP contribution in [0.4, 0.5) is 14.5 Å². The highest BCUT2D eigenvalue weighted by molar-refractivity contribution is 5.91. The highest BCUT2D eigenvalue weighted by Gasteiger charge is 2.36. The third-order valence-electron chi connectivity index (χ3n) is 5.43. The van der Waals surface area contributed by atoms with Gasteiger partial charge < -0.3 is 10.2 Å². The second-order valence-corrected chi connectivity index (χ2v) is 7.38. The van der Waals surface area contributed by atoms with E-state index in [1.807, 2.05) is 23.1 Å². The number of hydrogen-bond acceptors (Lipinski definition) is 5. The fourth-order valence-corrected chi connectivity index (χ4v) is 4.04. The monoisotopic (exact) mass is 385 g/mol. The number of nitriles is 1. The highest BCUT2D eigenvalue weighted by atomic mass is 19.1. The number of nitrogens with zero attached hydrogens (tertiary/aromatic N) is 4. The molecule has 1 aromatic carbocycles. The van der Waals surface area contributed by atoms with Crippen molar-refractivity contribution in [2.24, 2.45) is 0 Å². The molecule has 2 aliphatic rings. The number of carbonyl (C=O) groups is 1. The molecule has 2 aromatic rings. The molecule has 0 bridgehead atoms. The van der Waals surface area contributed by atoms with E-state index in [9.17, 15) is 13.6 Å². The zero-order valence-corrected chi connectivity index (χ0v) is 15.3. The molecule has 1 amide bonds. The zero-order chi connectivity index (χ0) is 19.7. The van der Waals surface area contributed by atoms with Gasteiger partial charge in [0.1, 0.15) is 23.5 Å². The van der Waals surface area contributed by atoms with E-state index in [2.05, 4.69) is 10.3 Å². The fourth-order valence-electron chi connectivity index (χ4n) is 4.04. The van der Waals surface area contributed by atoms with Gasteiger partial charge in [0.2, 0.25) is 5.91 Å². The summed E-state index contributed by atoms with van der Waals surface area (Å²) < 4.78 is 27.5. The maximum Gasteiger partial charge on any atom is 0.237 e. The molecule has 3 atom stereocenters. The van der Waals surface area contributed by atoms with Crippen molar-refractivity contribution in [1.82, 2.24) is 14.8 Å². The van der Waals surface area contributed by atoms with E-state index < -0.39 is 12.2 Å². The lowest BCUT2D eigenvalue weighted by molar-refractivity contribution is -0.132. The number of nitrogens with one attached hydrogen (secondary N) is 1. The summed E-state index contributed by atoms with van der Waals surface area (Å²) in [7, 11) is 0. The Kier molecular flexibility index (Phi) is 5.09. The van der Waals surface area contributed by atoms with Crippen LogP contribution in [0.3, 0.4) is 0 Å². The molecule has 0 radical (unpaired) electrons. The predicted molar refractivity (Wildman–Crippen MR) is 101 cm³/mol. The first-order chi connectivity index (χ1) is 13.5. The maximum absolute atomic E-state index is 13.9. The number of anilines is 1. The van der Waals surface area contributed by atoms with Crippen molar-refractivity contribution >= 4 is 22.5 Å². The summed E-state index contributed by atoms with van der Waals surface area (Å²) in [6.07, 6.45) is 1.38. The molecule has 3 heterocycles. The van der Waals surface area contributed by atoms with Crippen LogP contribution in [-0.2, 0) is 4.79 Å². The van der Waals surface area contributed by atoms with Gasteiger partial charge in [0, 0.05) is 42.8 Å². The lowest BCUT2D eigenvalue weighted by atomic mass is 10.1. The summed E-state index contributed by atoms with van der Waals surface area (Å²) in [5.41, 5.74) is 1.14. The minimum absolute atomic E-state index is 0.00114. The number of hydrogen-bond donors (Lipinski definition) is 1. The van der Waals surface area contributed by atoms with Gasteiger partial charge in [-0.3, -0.25) is 14.7 Å². The molecule has 0 saturated carbocycles. The molecule has 1 N–H and O–H groups in total. The number of halogens is 2. The SMILES string of the molecule is N#CC1C[C@H](F)CN1C(=O)CN1CC[C@@H](Nc2ccnc3c(F)cccc23)C1. The van der Waals surface area contributed by atoms with Gasteiger partial charge in [-0.25, -0.2) is 8.78 Å². The van der Waals surface area contributed by atoms with Gasteiger partial charge >= 0.3 is 0 Å². The summed E-state index contributed by atoms with van der Waals surface area (Å²) in [6.45, 7) is 1.55. The third kappa shape index (κ3) is 3.62. The smallest absolute Gasteiger partial charge is 0.237 e. The first kappa shape index (κ1) is 18.6. The Hall–Kier alpha value is -2.79. The van der Waals surface area contributed by atoms with E-state index in [0.717, 1.165) is 24.0 Å². The molecule has 2 saturated heterocycles. The van der Waals surface area contributed by atoms with Crippen LogP contribution in [0.15, 0.2) is 30.5 Å². The third-order valence-corrected chi connectivity index (χ3v) is 5.43. The topological polar surface area (TPSA) is 72.3 Å². The van der Waals surface area contributed by atoms with E-state index >= 15 is 0 Å². The van der Waals surface area contributed by atoms with Crippen LogP contribution in [0, 0.1) is 17.1 Å². The number of alkyl halides is 1. The quantitative estimate of drug-likeness (QED) is 0.875. The van der Waals surface area contributed by atoms with Crippen LogP contribution in [0.2, 0.25) is 0 Å². The van der Waals surface area contributed by atoms with Crippen LogP contribution in [-0.4, -0.2) is 65.1 Å². The number of likely N-dealkylation sites (tertiary alicyclic amines) is 2. The number of amides is 1.